The minimum absolute atomic E-state index is 0.154. The molecular formula is C14H22N2O4S. The van der Waals surface area contributed by atoms with Crippen LogP contribution in [0.1, 0.15) is 12.5 Å². The molecule has 1 N–H and O–H groups in total. The molecule has 1 atom stereocenters. The number of sulfonamides is 1. The molecule has 2 rings (SSSR count). The van der Waals surface area contributed by atoms with Crippen LogP contribution in [0.25, 0.3) is 0 Å². The second-order valence-corrected chi connectivity index (χ2v) is 6.93. The number of rotatable bonds is 5. The summed E-state index contributed by atoms with van der Waals surface area (Å²) in [4.78, 5) is 0.294. The number of nitrogens with zero attached hydrogens (tertiary/aromatic N) is 1. The van der Waals surface area contributed by atoms with Crippen LogP contribution in [-0.2, 0) is 21.3 Å². The summed E-state index contributed by atoms with van der Waals surface area (Å²) in [6.45, 7) is 3.65. The maximum absolute atomic E-state index is 12.8. The van der Waals surface area contributed by atoms with Gasteiger partial charge >= 0.3 is 0 Å². The van der Waals surface area contributed by atoms with E-state index in [-0.39, 0.29) is 6.04 Å². The number of hydrogen-bond donors (Lipinski definition) is 1. The minimum Gasteiger partial charge on any atom is -0.496 e. The third-order valence-electron chi connectivity index (χ3n) is 3.53. The van der Waals surface area contributed by atoms with Gasteiger partial charge in [-0.15, -0.1) is 0 Å². The first-order valence-electron chi connectivity index (χ1n) is 6.91. The normalized spacial score (nSPS) is 20.4. The van der Waals surface area contributed by atoms with Crippen LogP contribution in [-0.4, -0.2) is 52.7 Å². The number of morpholine rings is 1. The van der Waals surface area contributed by atoms with Gasteiger partial charge in [-0.05, 0) is 32.2 Å². The van der Waals surface area contributed by atoms with E-state index in [2.05, 4.69) is 5.32 Å². The zero-order chi connectivity index (χ0) is 15.5. The standard InChI is InChI=1S/C14H22N2O4S/c1-11-10-20-7-6-16(11)21(17,18)13-4-5-14(19-3)12(8-13)9-15-2/h4-5,8,11,15H,6-7,9-10H2,1-3H3. The van der Waals surface area contributed by atoms with Crippen molar-refractivity contribution in [2.45, 2.75) is 24.4 Å². The summed E-state index contributed by atoms with van der Waals surface area (Å²) in [5.41, 5.74) is 0.821. The first-order valence-corrected chi connectivity index (χ1v) is 8.35. The van der Waals surface area contributed by atoms with Crippen molar-refractivity contribution < 1.29 is 17.9 Å². The van der Waals surface area contributed by atoms with Gasteiger partial charge in [0.1, 0.15) is 5.75 Å². The lowest BCUT2D eigenvalue weighted by atomic mass is 10.2. The Morgan fingerprint density at radius 3 is 2.86 bits per heavy atom. The molecule has 1 saturated heterocycles. The summed E-state index contributed by atoms with van der Waals surface area (Å²) >= 11 is 0. The molecular weight excluding hydrogens is 292 g/mol. The van der Waals surface area contributed by atoms with Crippen molar-refractivity contribution in [3.8, 4) is 5.75 Å². The molecule has 1 aliphatic rings. The van der Waals surface area contributed by atoms with Crippen LogP contribution in [0.2, 0.25) is 0 Å². The highest BCUT2D eigenvalue weighted by atomic mass is 32.2. The molecule has 1 heterocycles. The van der Waals surface area contributed by atoms with Crippen molar-refractivity contribution >= 4 is 10.0 Å². The van der Waals surface area contributed by atoms with Crippen molar-refractivity contribution in [2.24, 2.45) is 0 Å². The highest BCUT2D eigenvalue weighted by Gasteiger charge is 2.31. The average molecular weight is 314 g/mol. The lowest BCUT2D eigenvalue weighted by Crippen LogP contribution is -2.46. The Bertz CT molecular complexity index is 589. The Morgan fingerprint density at radius 2 is 2.24 bits per heavy atom. The van der Waals surface area contributed by atoms with Gasteiger partial charge in [0, 0.05) is 24.7 Å². The van der Waals surface area contributed by atoms with Gasteiger partial charge in [0.15, 0.2) is 0 Å². The van der Waals surface area contributed by atoms with E-state index in [0.717, 1.165) is 5.56 Å². The predicted octanol–water partition coefficient (Wildman–Crippen LogP) is 0.824. The van der Waals surface area contributed by atoms with E-state index < -0.39 is 10.0 Å². The first kappa shape index (κ1) is 16.2. The summed E-state index contributed by atoms with van der Waals surface area (Å²) in [6, 6.07) is 4.81. The molecule has 21 heavy (non-hydrogen) atoms. The monoisotopic (exact) mass is 314 g/mol. The van der Waals surface area contributed by atoms with Crippen molar-refractivity contribution in [1.82, 2.24) is 9.62 Å². The predicted molar refractivity (Wildman–Crippen MR) is 79.9 cm³/mol. The molecule has 0 spiro atoms. The van der Waals surface area contributed by atoms with Gasteiger partial charge in [0.25, 0.3) is 0 Å². The summed E-state index contributed by atoms with van der Waals surface area (Å²) in [6.07, 6.45) is 0. The molecule has 0 aromatic heterocycles. The molecule has 7 heteroatoms. The van der Waals surface area contributed by atoms with Crippen molar-refractivity contribution in [3.05, 3.63) is 23.8 Å². The molecule has 1 unspecified atom stereocenters. The lowest BCUT2D eigenvalue weighted by molar-refractivity contribution is 0.0392. The fourth-order valence-electron chi connectivity index (χ4n) is 2.45. The van der Waals surface area contributed by atoms with Gasteiger partial charge in [0.2, 0.25) is 10.0 Å². The molecule has 0 aliphatic carbocycles. The van der Waals surface area contributed by atoms with E-state index in [1.165, 1.54) is 4.31 Å². The van der Waals surface area contributed by atoms with Crippen molar-refractivity contribution in [1.29, 1.82) is 0 Å². The molecule has 1 fully saturated rings. The number of nitrogens with one attached hydrogen (secondary N) is 1. The molecule has 1 aliphatic heterocycles. The Labute approximate surface area is 126 Å². The van der Waals surface area contributed by atoms with Crippen LogP contribution < -0.4 is 10.1 Å². The maximum Gasteiger partial charge on any atom is 0.243 e. The average Bonchev–Trinajstić information content (AvgIpc) is 2.47. The first-order chi connectivity index (χ1) is 10.0. The van der Waals surface area contributed by atoms with Gasteiger partial charge < -0.3 is 14.8 Å². The molecule has 1 aromatic rings. The van der Waals surface area contributed by atoms with E-state index in [9.17, 15) is 8.42 Å². The summed E-state index contributed by atoms with van der Waals surface area (Å²) in [5.74, 6) is 0.679. The Kier molecular flexibility index (Phi) is 5.21. The third-order valence-corrected chi connectivity index (χ3v) is 5.54. The second-order valence-electron chi connectivity index (χ2n) is 5.04. The minimum atomic E-state index is -3.51. The zero-order valence-electron chi connectivity index (χ0n) is 12.6. The zero-order valence-corrected chi connectivity index (χ0v) is 13.4. The second kappa shape index (κ2) is 6.74. The van der Waals surface area contributed by atoms with Crippen molar-refractivity contribution in [3.63, 3.8) is 0 Å². The highest BCUT2D eigenvalue weighted by molar-refractivity contribution is 7.89. The molecule has 1 aromatic carbocycles. The highest BCUT2D eigenvalue weighted by Crippen LogP contribution is 2.26. The smallest absolute Gasteiger partial charge is 0.243 e. The fourth-order valence-corrected chi connectivity index (χ4v) is 4.10. The van der Waals surface area contributed by atoms with E-state index >= 15 is 0 Å². The summed E-state index contributed by atoms with van der Waals surface area (Å²) in [5, 5.41) is 3.02. The number of benzene rings is 1. The summed E-state index contributed by atoms with van der Waals surface area (Å²) in [7, 11) is -0.121. The molecule has 0 amide bonds. The van der Waals surface area contributed by atoms with E-state index in [1.807, 2.05) is 14.0 Å². The van der Waals surface area contributed by atoms with Crippen molar-refractivity contribution in [2.75, 3.05) is 33.9 Å². The van der Waals surface area contributed by atoms with E-state index in [1.54, 1.807) is 25.3 Å². The van der Waals surface area contributed by atoms with Gasteiger partial charge in [-0.25, -0.2) is 8.42 Å². The molecule has 0 saturated carbocycles. The van der Waals surface area contributed by atoms with Gasteiger partial charge in [-0.1, -0.05) is 0 Å². The fraction of sp³-hybridized carbons (Fsp3) is 0.571. The molecule has 118 valence electrons. The molecule has 6 nitrogen and oxygen atoms in total. The quantitative estimate of drug-likeness (QED) is 0.872. The van der Waals surface area contributed by atoms with Gasteiger partial charge in [-0.3, -0.25) is 0 Å². The SMILES string of the molecule is CNCc1cc(S(=O)(=O)N2CCOCC2C)ccc1OC. The summed E-state index contributed by atoms with van der Waals surface area (Å²) < 4.78 is 37.6. The Morgan fingerprint density at radius 1 is 1.48 bits per heavy atom. The largest absolute Gasteiger partial charge is 0.496 e. The molecule has 0 radical (unpaired) electrons. The van der Waals surface area contributed by atoms with Crippen LogP contribution in [0, 0.1) is 0 Å². The van der Waals surface area contributed by atoms with E-state index in [4.69, 9.17) is 9.47 Å². The van der Waals surface area contributed by atoms with Crippen LogP contribution in [0.5, 0.6) is 5.75 Å². The van der Waals surface area contributed by atoms with Gasteiger partial charge in [-0.2, -0.15) is 4.31 Å². The third kappa shape index (κ3) is 3.37. The van der Waals surface area contributed by atoms with Crippen LogP contribution >= 0.6 is 0 Å². The Hall–Kier alpha value is -1.15. The maximum atomic E-state index is 12.8. The van der Waals surface area contributed by atoms with E-state index in [0.29, 0.717) is 36.9 Å². The molecule has 0 bridgehead atoms. The Balaban J connectivity index is 2.37. The van der Waals surface area contributed by atoms with Crippen LogP contribution in [0.4, 0.5) is 0 Å². The number of methoxy groups -OCH3 is 1. The van der Waals surface area contributed by atoms with Gasteiger partial charge in [0.05, 0.1) is 25.2 Å². The van der Waals surface area contributed by atoms with Crippen LogP contribution in [0.15, 0.2) is 23.1 Å². The number of ether oxygens (including phenoxy) is 2. The topological polar surface area (TPSA) is 67.9 Å². The van der Waals surface area contributed by atoms with Crippen LogP contribution in [0.3, 0.4) is 0 Å². The number of hydrogen-bond acceptors (Lipinski definition) is 5. The lowest BCUT2D eigenvalue weighted by Gasteiger charge is -2.32.